The molecule has 0 radical (unpaired) electrons. The Labute approximate surface area is 213 Å². The Kier molecular flexibility index (Phi) is 5.38. The molecule has 0 bridgehead atoms. The molecule has 176 valence electrons. The lowest BCUT2D eigenvalue weighted by Crippen LogP contribution is -2.15. The minimum absolute atomic E-state index is 0.00615. The van der Waals surface area contributed by atoms with Gasteiger partial charge < -0.3 is 10.1 Å². The molecule has 2 nitrogen and oxygen atoms in total. The normalized spacial score (nSPS) is 13.1. The fourth-order valence-corrected chi connectivity index (χ4v) is 5.51. The Morgan fingerprint density at radius 3 is 1.83 bits per heavy atom. The van der Waals surface area contributed by atoms with Crippen LogP contribution >= 0.6 is 0 Å². The number of nitrogens with one attached hydrogen (secondary N) is 1. The number of para-hydroxylation sites is 1. The van der Waals surface area contributed by atoms with Crippen molar-refractivity contribution in [1.82, 2.24) is 0 Å². The molecular weight excluding hydrogens is 438 g/mol. The molecule has 0 heterocycles. The minimum atomic E-state index is -0.00615. The van der Waals surface area contributed by atoms with Crippen LogP contribution in [0.25, 0.3) is 33.4 Å². The molecule has 2 heteroatoms. The number of benzene rings is 5. The second-order valence-corrected chi connectivity index (χ2v) is 9.89. The standard InChI is InChI=1S/C34H29NO/c1-34(2)31-15-8-7-12-29(31)30-21-20-26(22-32(30)34)35-25-18-16-24(17-19-25)28-14-9-13-27(33(28)36-3)23-10-5-4-6-11-23/h4-22,35H,1-3H3. The van der Waals surface area contributed by atoms with Crippen LogP contribution in [0.5, 0.6) is 5.75 Å². The predicted molar refractivity (Wildman–Crippen MR) is 151 cm³/mol. The first kappa shape index (κ1) is 22.2. The van der Waals surface area contributed by atoms with Crippen LogP contribution in [0.15, 0.2) is 115 Å². The highest BCUT2D eigenvalue weighted by atomic mass is 16.5. The van der Waals surface area contributed by atoms with E-state index in [2.05, 4.69) is 128 Å². The first-order chi connectivity index (χ1) is 17.6. The van der Waals surface area contributed by atoms with Crippen molar-refractivity contribution in [2.24, 2.45) is 0 Å². The molecule has 0 fully saturated rings. The molecule has 0 unspecified atom stereocenters. The van der Waals surface area contributed by atoms with Crippen molar-refractivity contribution >= 4 is 11.4 Å². The van der Waals surface area contributed by atoms with Crippen LogP contribution in [0.2, 0.25) is 0 Å². The smallest absolute Gasteiger partial charge is 0.134 e. The van der Waals surface area contributed by atoms with E-state index in [1.54, 1.807) is 7.11 Å². The van der Waals surface area contributed by atoms with E-state index < -0.39 is 0 Å². The van der Waals surface area contributed by atoms with Gasteiger partial charge in [0.05, 0.1) is 7.11 Å². The van der Waals surface area contributed by atoms with Crippen molar-refractivity contribution in [3.05, 3.63) is 126 Å². The summed E-state index contributed by atoms with van der Waals surface area (Å²) in [7, 11) is 1.74. The summed E-state index contributed by atoms with van der Waals surface area (Å²) in [5.41, 5.74) is 12.1. The van der Waals surface area contributed by atoms with Crippen LogP contribution in [0, 0.1) is 0 Å². The number of methoxy groups -OCH3 is 1. The van der Waals surface area contributed by atoms with E-state index in [-0.39, 0.29) is 5.41 Å². The Bertz CT molecular complexity index is 1550. The highest BCUT2D eigenvalue weighted by molar-refractivity contribution is 5.84. The van der Waals surface area contributed by atoms with Crippen molar-refractivity contribution < 1.29 is 4.74 Å². The van der Waals surface area contributed by atoms with Gasteiger partial charge in [-0.15, -0.1) is 0 Å². The fourth-order valence-electron chi connectivity index (χ4n) is 5.51. The number of fused-ring (bicyclic) bond motifs is 3. The summed E-state index contributed by atoms with van der Waals surface area (Å²) in [5, 5.41) is 3.61. The average Bonchev–Trinajstić information content (AvgIpc) is 3.15. The van der Waals surface area contributed by atoms with Crippen LogP contribution in [0.1, 0.15) is 25.0 Å². The first-order valence-corrected chi connectivity index (χ1v) is 12.4. The molecule has 0 spiro atoms. The maximum absolute atomic E-state index is 5.88. The summed E-state index contributed by atoms with van der Waals surface area (Å²) in [5.74, 6) is 0.893. The van der Waals surface area contributed by atoms with Crippen molar-refractivity contribution in [2.45, 2.75) is 19.3 Å². The monoisotopic (exact) mass is 467 g/mol. The highest BCUT2D eigenvalue weighted by Crippen LogP contribution is 2.49. The van der Waals surface area contributed by atoms with E-state index in [4.69, 9.17) is 4.74 Å². The molecule has 1 N–H and O–H groups in total. The molecule has 0 amide bonds. The SMILES string of the molecule is COc1c(-c2ccccc2)cccc1-c1ccc(Nc2ccc3c(c2)C(C)(C)c2ccccc2-3)cc1. The molecule has 5 aromatic carbocycles. The van der Waals surface area contributed by atoms with Gasteiger partial charge in [0.15, 0.2) is 0 Å². The Morgan fingerprint density at radius 2 is 1.11 bits per heavy atom. The molecule has 36 heavy (non-hydrogen) atoms. The zero-order valence-corrected chi connectivity index (χ0v) is 20.9. The molecule has 0 aromatic heterocycles. The van der Waals surface area contributed by atoms with E-state index in [0.717, 1.165) is 39.4 Å². The maximum atomic E-state index is 5.88. The van der Waals surface area contributed by atoms with Gasteiger partial charge in [-0.3, -0.25) is 0 Å². The summed E-state index contributed by atoms with van der Waals surface area (Å²) < 4.78 is 5.88. The number of anilines is 2. The van der Waals surface area contributed by atoms with Crippen molar-refractivity contribution in [3.63, 3.8) is 0 Å². The van der Waals surface area contributed by atoms with E-state index in [0.29, 0.717) is 0 Å². The Morgan fingerprint density at radius 1 is 0.528 bits per heavy atom. The lowest BCUT2D eigenvalue weighted by molar-refractivity contribution is 0.418. The van der Waals surface area contributed by atoms with Crippen LogP contribution in [-0.4, -0.2) is 7.11 Å². The molecule has 1 aliphatic rings. The molecule has 0 aliphatic heterocycles. The molecule has 0 atom stereocenters. The lowest BCUT2D eigenvalue weighted by Gasteiger charge is -2.22. The quantitative estimate of drug-likeness (QED) is 0.278. The van der Waals surface area contributed by atoms with Crippen LogP contribution in [0.4, 0.5) is 11.4 Å². The number of rotatable bonds is 5. The van der Waals surface area contributed by atoms with E-state index >= 15 is 0 Å². The summed E-state index contributed by atoms with van der Waals surface area (Å²) in [6.45, 7) is 4.63. The van der Waals surface area contributed by atoms with Crippen LogP contribution in [-0.2, 0) is 5.41 Å². The summed E-state index contributed by atoms with van der Waals surface area (Å²) in [6.07, 6.45) is 0. The predicted octanol–water partition coefficient (Wildman–Crippen LogP) is 9.08. The Hall–Kier alpha value is -4.30. The Balaban J connectivity index is 1.29. The van der Waals surface area contributed by atoms with Gasteiger partial charge in [-0.25, -0.2) is 0 Å². The van der Waals surface area contributed by atoms with Gasteiger partial charge in [0.25, 0.3) is 0 Å². The van der Waals surface area contributed by atoms with Crippen LogP contribution in [0.3, 0.4) is 0 Å². The molecule has 1 aliphatic carbocycles. The van der Waals surface area contributed by atoms with Crippen molar-refractivity contribution in [3.8, 4) is 39.1 Å². The van der Waals surface area contributed by atoms with Gasteiger partial charge in [-0.05, 0) is 57.6 Å². The number of hydrogen-bond acceptors (Lipinski definition) is 2. The maximum Gasteiger partial charge on any atom is 0.134 e. The molecule has 0 saturated heterocycles. The van der Waals surface area contributed by atoms with E-state index in [9.17, 15) is 0 Å². The largest absolute Gasteiger partial charge is 0.495 e. The third-order valence-electron chi connectivity index (χ3n) is 7.37. The first-order valence-electron chi connectivity index (χ1n) is 12.4. The second kappa shape index (κ2) is 8.73. The van der Waals surface area contributed by atoms with Gasteiger partial charge in [-0.2, -0.15) is 0 Å². The van der Waals surface area contributed by atoms with Gasteiger partial charge >= 0.3 is 0 Å². The third kappa shape index (κ3) is 3.67. The molecule has 6 rings (SSSR count). The fraction of sp³-hybridized carbons (Fsp3) is 0.118. The van der Waals surface area contributed by atoms with Crippen molar-refractivity contribution in [1.29, 1.82) is 0 Å². The molecule has 0 saturated carbocycles. The van der Waals surface area contributed by atoms with E-state index in [1.807, 2.05) is 6.07 Å². The summed E-state index contributed by atoms with van der Waals surface area (Å²) in [4.78, 5) is 0. The zero-order chi connectivity index (χ0) is 24.7. The third-order valence-corrected chi connectivity index (χ3v) is 7.37. The van der Waals surface area contributed by atoms with E-state index in [1.165, 1.54) is 22.3 Å². The lowest BCUT2D eigenvalue weighted by atomic mass is 9.82. The molecular formula is C34H29NO. The van der Waals surface area contributed by atoms with Gasteiger partial charge in [0, 0.05) is 27.9 Å². The zero-order valence-electron chi connectivity index (χ0n) is 20.9. The molecule has 5 aromatic rings. The topological polar surface area (TPSA) is 21.3 Å². The number of hydrogen-bond donors (Lipinski definition) is 1. The minimum Gasteiger partial charge on any atom is -0.495 e. The van der Waals surface area contributed by atoms with Gasteiger partial charge in [0.1, 0.15) is 5.75 Å². The van der Waals surface area contributed by atoms with Gasteiger partial charge in [0.2, 0.25) is 0 Å². The second-order valence-electron chi connectivity index (χ2n) is 9.89. The van der Waals surface area contributed by atoms with Gasteiger partial charge in [-0.1, -0.05) is 105 Å². The number of ether oxygens (including phenoxy) is 1. The van der Waals surface area contributed by atoms with Crippen LogP contribution < -0.4 is 10.1 Å². The van der Waals surface area contributed by atoms with Crippen molar-refractivity contribution in [2.75, 3.05) is 12.4 Å². The average molecular weight is 468 g/mol. The summed E-state index contributed by atoms with van der Waals surface area (Å²) >= 11 is 0. The highest BCUT2D eigenvalue weighted by Gasteiger charge is 2.35. The summed E-state index contributed by atoms with van der Waals surface area (Å²) in [6, 6.07) is 40.8.